The van der Waals surface area contributed by atoms with E-state index in [1.165, 1.54) is 18.4 Å². The van der Waals surface area contributed by atoms with Gasteiger partial charge in [-0.25, -0.2) is 9.97 Å². The molecular weight excluding hydrogens is 378 g/mol. The maximum absolute atomic E-state index is 5.49. The second-order valence-electron chi connectivity index (χ2n) is 8.07. The molecule has 2 fully saturated rings. The van der Waals surface area contributed by atoms with Gasteiger partial charge in [-0.1, -0.05) is 35.0 Å². The Bertz CT molecular complexity index is 973. The minimum absolute atomic E-state index is 0.652. The molecule has 0 saturated carbocycles. The number of aryl methyl sites for hydroxylation is 1. The molecular formula is C22H27N7O. The smallest absolute Gasteiger partial charge is 0.241 e. The van der Waals surface area contributed by atoms with Crippen molar-refractivity contribution in [2.75, 3.05) is 49.1 Å². The minimum Gasteiger partial charge on any atom is -0.356 e. The largest absolute Gasteiger partial charge is 0.356 e. The lowest BCUT2D eigenvalue weighted by atomic mass is 10.1. The summed E-state index contributed by atoms with van der Waals surface area (Å²) in [5.41, 5.74) is 2.20. The van der Waals surface area contributed by atoms with E-state index in [4.69, 9.17) is 4.52 Å². The summed E-state index contributed by atoms with van der Waals surface area (Å²) in [6.07, 6.45) is 4.19. The standard InChI is InChI=1S/C22H27N7O/c1-17-4-6-18(7-5-17)22-25-21(30-26-22)15-27-10-12-29(13-11-27)20-14-19(23-16-24-20)28-8-2-3-9-28/h4-7,14,16H,2-3,8-13,15H2,1H3. The van der Waals surface area contributed by atoms with Gasteiger partial charge in [-0.05, 0) is 19.8 Å². The van der Waals surface area contributed by atoms with Crippen LogP contribution in [0.3, 0.4) is 0 Å². The van der Waals surface area contributed by atoms with Crippen molar-refractivity contribution >= 4 is 11.6 Å². The van der Waals surface area contributed by atoms with Crippen LogP contribution in [-0.4, -0.2) is 64.3 Å². The van der Waals surface area contributed by atoms with Gasteiger partial charge >= 0.3 is 0 Å². The van der Waals surface area contributed by atoms with Crippen LogP contribution in [0.2, 0.25) is 0 Å². The molecule has 2 aliphatic rings. The van der Waals surface area contributed by atoms with E-state index in [2.05, 4.69) is 59.9 Å². The van der Waals surface area contributed by atoms with Crippen molar-refractivity contribution in [3.05, 3.63) is 48.1 Å². The summed E-state index contributed by atoms with van der Waals surface area (Å²) in [6.45, 7) is 8.66. The molecule has 2 aromatic heterocycles. The zero-order valence-corrected chi connectivity index (χ0v) is 17.4. The van der Waals surface area contributed by atoms with E-state index < -0.39 is 0 Å². The van der Waals surface area contributed by atoms with Crippen LogP contribution in [0.5, 0.6) is 0 Å². The summed E-state index contributed by atoms with van der Waals surface area (Å²) in [7, 11) is 0. The zero-order chi connectivity index (χ0) is 20.3. The first-order valence-electron chi connectivity index (χ1n) is 10.7. The molecule has 4 heterocycles. The van der Waals surface area contributed by atoms with Crippen molar-refractivity contribution in [1.29, 1.82) is 0 Å². The molecule has 2 saturated heterocycles. The molecule has 1 aromatic carbocycles. The molecule has 8 heteroatoms. The van der Waals surface area contributed by atoms with Crippen LogP contribution in [0.25, 0.3) is 11.4 Å². The number of benzene rings is 1. The van der Waals surface area contributed by atoms with Gasteiger partial charge in [0.1, 0.15) is 18.0 Å². The van der Waals surface area contributed by atoms with Crippen LogP contribution in [0.4, 0.5) is 11.6 Å². The lowest BCUT2D eigenvalue weighted by molar-refractivity contribution is 0.215. The van der Waals surface area contributed by atoms with Crippen LogP contribution in [0, 0.1) is 6.92 Å². The highest BCUT2D eigenvalue weighted by molar-refractivity contribution is 5.54. The Morgan fingerprint density at radius 3 is 2.23 bits per heavy atom. The molecule has 3 aromatic rings. The third-order valence-corrected chi connectivity index (χ3v) is 5.90. The number of hydrogen-bond donors (Lipinski definition) is 0. The first-order valence-corrected chi connectivity index (χ1v) is 10.7. The van der Waals surface area contributed by atoms with E-state index in [0.717, 1.165) is 56.5 Å². The molecule has 0 bridgehead atoms. The van der Waals surface area contributed by atoms with Gasteiger partial charge in [-0.2, -0.15) is 4.98 Å². The van der Waals surface area contributed by atoms with Crippen molar-refractivity contribution in [2.24, 2.45) is 0 Å². The molecule has 156 valence electrons. The van der Waals surface area contributed by atoms with Crippen molar-refractivity contribution in [3.63, 3.8) is 0 Å². The van der Waals surface area contributed by atoms with Gasteiger partial charge in [0.25, 0.3) is 0 Å². The van der Waals surface area contributed by atoms with Gasteiger partial charge in [-0.15, -0.1) is 0 Å². The predicted molar refractivity (Wildman–Crippen MR) is 115 cm³/mol. The monoisotopic (exact) mass is 405 g/mol. The van der Waals surface area contributed by atoms with E-state index in [9.17, 15) is 0 Å². The minimum atomic E-state index is 0.652. The highest BCUT2D eigenvalue weighted by atomic mass is 16.5. The van der Waals surface area contributed by atoms with Crippen LogP contribution in [0.1, 0.15) is 24.3 Å². The summed E-state index contributed by atoms with van der Waals surface area (Å²) >= 11 is 0. The van der Waals surface area contributed by atoms with Crippen LogP contribution in [0.15, 0.2) is 41.2 Å². The second kappa shape index (κ2) is 8.39. The molecule has 0 spiro atoms. The van der Waals surface area contributed by atoms with Gasteiger partial charge in [0.2, 0.25) is 11.7 Å². The quantitative estimate of drug-likeness (QED) is 0.642. The van der Waals surface area contributed by atoms with Crippen LogP contribution in [-0.2, 0) is 6.54 Å². The molecule has 0 atom stereocenters. The van der Waals surface area contributed by atoms with Crippen LogP contribution < -0.4 is 9.80 Å². The summed E-state index contributed by atoms with van der Waals surface area (Å²) in [6, 6.07) is 10.3. The first kappa shape index (κ1) is 19.0. The van der Waals surface area contributed by atoms with Gasteiger partial charge < -0.3 is 14.3 Å². The average molecular weight is 406 g/mol. The lowest BCUT2D eigenvalue weighted by Crippen LogP contribution is -2.46. The fraction of sp³-hybridized carbons (Fsp3) is 0.455. The Hall–Kier alpha value is -3.00. The van der Waals surface area contributed by atoms with Crippen molar-refractivity contribution in [2.45, 2.75) is 26.3 Å². The van der Waals surface area contributed by atoms with E-state index in [-0.39, 0.29) is 0 Å². The summed E-state index contributed by atoms with van der Waals surface area (Å²) in [5.74, 6) is 3.39. The maximum Gasteiger partial charge on any atom is 0.241 e. The molecule has 8 nitrogen and oxygen atoms in total. The Labute approximate surface area is 176 Å². The summed E-state index contributed by atoms with van der Waals surface area (Å²) in [4.78, 5) is 20.6. The maximum atomic E-state index is 5.49. The summed E-state index contributed by atoms with van der Waals surface area (Å²) in [5, 5.41) is 4.15. The molecule has 0 N–H and O–H groups in total. The zero-order valence-electron chi connectivity index (χ0n) is 17.4. The van der Waals surface area contributed by atoms with E-state index in [0.29, 0.717) is 18.3 Å². The van der Waals surface area contributed by atoms with E-state index in [1.54, 1.807) is 6.33 Å². The number of anilines is 2. The third-order valence-electron chi connectivity index (χ3n) is 5.90. The van der Waals surface area contributed by atoms with E-state index >= 15 is 0 Å². The number of nitrogens with zero attached hydrogens (tertiary/aromatic N) is 7. The summed E-state index contributed by atoms with van der Waals surface area (Å²) < 4.78 is 5.49. The average Bonchev–Trinajstić information content (AvgIpc) is 3.48. The molecule has 0 aliphatic carbocycles. The normalized spacial score (nSPS) is 17.6. The molecule has 5 rings (SSSR count). The van der Waals surface area contributed by atoms with Gasteiger partial charge in [0, 0.05) is 50.9 Å². The number of piperazine rings is 1. The Morgan fingerprint density at radius 2 is 1.53 bits per heavy atom. The molecule has 2 aliphatic heterocycles. The predicted octanol–water partition coefficient (Wildman–Crippen LogP) is 2.76. The molecule has 0 amide bonds. The highest BCUT2D eigenvalue weighted by Crippen LogP contribution is 2.23. The fourth-order valence-corrected chi connectivity index (χ4v) is 4.09. The Kier molecular flexibility index (Phi) is 5.31. The number of rotatable bonds is 5. The van der Waals surface area contributed by atoms with Gasteiger partial charge in [-0.3, -0.25) is 4.90 Å². The topological polar surface area (TPSA) is 74.4 Å². The Balaban J connectivity index is 1.18. The van der Waals surface area contributed by atoms with Crippen molar-refractivity contribution < 1.29 is 4.52 Å². The van der Waals surface area contributed by atoms with E-state index in [1.807, 2.05) is 12.1 Å². The fourth-order valence-electron chi connectivity index (χ4n) is 4.09. The van der Waals surface area contributed by atoms with Crippen molar-refractivity contribution in [3.8, 4) is 11.4 Å². The van der Waals surface area contributed by atoms with Gasteiger partial charge in [0.15, 0.2) is 0 Å². The second-order valence-corrected chi connectivity index (χ2v) is 8.07. The molecule has 0 radical (unpaired) electrons. The lowest BCUT2D eigenvalue weighted by Gasteiger charge is -2.34. The highest BCUT2D eigenvalue weighted by Gasteiger charge is 2.22. The first-order chi connectivity index (χ1) is 14.7. The number of aromatic nitrogens is 4. The van der Waals surface area contributed by atoms with Gasteiger partial charge in [0.05, 0.1) is 6.54 Å². The van der Waals surface area contributed by atoms with Crippen LogP contribution >= 0.6 is 0 Å². The van der Waals surface area contributed by atoms with Crippen molar-refractivity contribution in [1.82, 2.24) is 25.0 Å². The SMILES string of the molecule is Cc1ccc(-c2noc(CN3CCN(c4cc(N5CCCC5)ncn4)CC3)n2)cc1. The third kappa shape index (κ3) is 4.14. The Morgan fingerprint density at radius 1 is 0.867 bits per heavy atom. The molecule has 30 heavy (non-hydrogen) atoms. The molecule has 0 unspecified atom stereocenters. The number of hydrogen-bond acceptors (Lipinski definition) is 8.